The van der Waals surface area contributed by atoms with Crippen molar-refractivity contribution >= 4 is 24.0 Å². The predicted octanol–water partition coefficient (Wildman–Crippen LogP) is 2.96. The van der Waals surface area contributed by atoms with E-state index in [4.69, 9.17) is 20.5 Å². The Hall–Kier alpha value is -2.05. The van der Waals surface area contributed by atoms with Gasteiger partial charge in [-0.3, -0.25) is 5.41 Å². The summed E-state index contributed by atoms with van der Waals surface area (Å²) in [7, 11) is -0.477. The quantitative estimate of drug-likeness (QED) is 0.437. The molecule has 0 bridgehead atoms. The highest BCUT2D eigenvalue weighted by atomic mass is 16.7. The number of hydrogen-bond donors (Lipinski definition) is 3. The van der Waals surface area contributed by atoms with Crippen LogP contribution in [0, 0.1) is 5.41 Å². The monoisotopic (exact) mass is 341 g/mol. The molecule has 1 aliphatic rings. The Bertz CT molecular complexity index is 707. The zero-order valence-electron chi connectivity index (χ0n) is 15.9. The maximum Gasteiger partial charge on any atom is 0.494 e. The van der Waals surface area contributed by atoms with Gasteiger partial charge in [0.2, 0.25) is 0 Å². The normalized spacial score (nSPS) is 19.4. The van der Waals surface area contributed by atoms with E-state index in [1.165, 1.54) is 0 Å². The fourth-order valence-corrected chi connectivity index (χ4v) is 2.53. The molecule has 6 heteroatoms. The Morgan fingerprint density at radius 2 is 1.76 bits per heavy atom. The van der Waals surface area contributed by atoms with Crippen molar-refractivity contribution in [1.29, 1.82) is 5.41 Å². The molecule has 5 nitrogen and oxygen atoms in total. The third kappa shape index (κ3) is 3.80. The summed E-state index contributed by atoms with van der Waals surface area (Å²) in [6.07, 6.45) is 5.52. The molecule has 1 fully saturated rings. The third-order valence-electron chi connectivity index (χ3n) is 4.84. The first-order valence-electron chi connectivity index (χ1n) is 8.51. The Morgan fingerprint density at radius 3 is 2.28 bits per heavy atom. The number of nitrogen functional groups attached to an aromatic ring is 1. The van der Waals surface area contributed by atoms with Crippen LogP contribution in [-0.2, 0) is 9.31 Å². The van der Waals surface area contributed by atoms with Crippen molar-refractivity contribution in [3.63, 3.8) is 0 Å². The maximum absolute atomic E-state index is 8.50. The summed E-state index contributed by atoms with van der Waals surface area (Å²) in [6.45, 7) is 11.9. The Labute approximate surface area is 150 Å². The van der Waals surface area contributed by atoms with Gasteiger partial charge in [-0.2, -0.15) is 0 Å². The lowest BCUT2D eigenvalue weighted by atomic mass is 9.77. The second-order valence-corrected chi connectivity index (χ2v) is 7.16. The molecule has 4 N–H and O–H groups in total. The minimum absolute atomic E-state index is 0.330. The molecule has 0 radical (unpaired) electrons. The molecule has 1 aliphatic heterocycles. The molecule has 1 aromatic rings. The number of anilines is 1. The van der Waals surface area contributed by atoms with Crippen LogP contribution in [0.4, 0.5) is 5.69 Å². The highest BCUT2D eigenvalue weighted by molar-refractivity contribution is 6.62. The molecule has 1 heterocycles. The zero-order chi connectivity index (χ0) is 18.8. The SMILES string of the molecule is C/C=C\N/C(=C\C)C(=N)c1cc(B2OC(C)(C)C(C)(C)O2)ccc1N. The van der Waals surface area contributed by atoms with E-state index in [-0.39, 0.29) is 0 Å². The summed E-state index contributed by atoms with van der Waals surface area (Å²) < 4.78 is 12.2. The summed E-state index contributed by atoms with van der Waals surface area (Å²) in [4.78, 5) is 0. The van der Waals surface area contributed by atoms with Crippen molar-refractivity contribution in [3.8, 4) is 0 Å². The summed E-state index contributed by atoms with van der Waals surface area (Å²) in [5, 5.41) is 11.6. The van der Waals surface area contributed by atoms with Gasteiger partial charge in [0.15, 0.2) is 0 Å². The fraction of sp³-hybridized carbons (Fsp3) is 0.421. The fourth-order valence-electron chi connectivity index (χ4n) is 2.53. The minimum Gasteiger partial charge on any atom is -0.399 e. The van der Waals surface area contributed by atoms with Crippen LogP contribution in [0.15, 0.2) is 42.2 Å². The summed E-state index contributed by atoms with van der Waals surface area (Å²) in [5.74, 6) is 0. The van der Waals surface area contributed by atoms with Crippen molar-refractivity contribution < 1.29 is 9.31 Å². The van der Waals surface area contributed by atoms with Crippen molar-refractivity contribution in [2.75, 3.05) is 5.73 Å². The van der Waals surface area contributed by atoms with Crippen molar-refractivity contribution in [2.45, 2.75) is 52.7 Å². The summed E-state index contributed by atoms with van der Waals surface area (Å²) in [6, 6.07) is 5.57. The van der Waals surface area contributed by atoms with Gasteiger partial charge in [-0.25, -0.2) is 0 Å². The second kappa shape index (κ2) is 7.06. The first-order chi connectivity index (χ1) is 11.6. The van der Waals surface area contributed by atoms with E-state index in [9.17, 15) is 0 Å². The molecule has 0 spiro atoms. The van der Waals surface area contributed by atoms with E-state index in [1.807, 2.05) is 65.8 Å². The molecule has 2 rings (SSSR count). The molecular weight excluding hydrogens is 313 g/mol. The molecule has 0 amide bonds. The molecule has 0 aromatic heterocycles. The first-order valence-corrected chi connectivity index (χ1v) is 8.51. The van der Waals surface area contributed by atoms with Gasteiger partial charge in [0, 0.05) is 11.3 Å². The van der Waals surface area contributed by atoms with Crippen molar-refractivity contribution in [1.82, 2.24) is 5.32 Å². The van der Waals surface area contributed by atoms with Crippen LogP contribution in [0.2, 0.25) is 0 Å². The third-order valence-corrected chi connectivity index (χ3v) is 4.84. The number of hydrogen-bond acceptors (Lipinski definition) is 5. The highest BCUT2D eigenvalue weighted by Gasteiger charge is 2.51. The standard InChI is InChI=1S/C19H28BN3O2/c1-7-11-23-16(8-2)17(22)14-12-13(9-10-15(14)21)20-24-18(3,4)19(5,6)25-20/h7-12,22-23H,21H2,1-6H3/b11-7-,16-8-,22-17?. The average molecular weight is 341 g/mol. The van der Waals surface area contributed by atoms with Gasteiger partial charge in [-0.15, -0.1) is 0 Å². The van der Waals surface area contributed by atoms with Gasteiger partial charge in [0.25, 0.3) is 0 Å². The number of nitrogens with one attached hydrogen (secondary N) is 2. The zero-order valence-corrected chi connectivity index (χ0v) is 15.9. The van der Waals surface area contributed by atoms with E-state index in [0.29, 0.717) is 22.7 Å². The lowest BCUT2D eigenvalue weighted by Gasteiger charge is -2.32. The number of allylic oxidation sites excluding steroid dienone is 3. The summed E-state index contributed by atoms with van der Waals surface area (Å²) in [5.41, 5.74) is 8.38. The molecule has 0 aliphatic carbocycles. The van der Waals surface area contributed by atoms with Gasteiger partial charge in [-0.1, -0.05) is 24.3 Å². The van der Waals surface area contributed by atoms with Gasteiger partial charge >= 0.3 is 7.12 Å². The Kier molecular flexibility index (Phi) is 5.44. The van der Waals surface area contributed by atoms with E-state index in [2.05, 4.69) is 5.32 Å². The topological polar surface area (TPSA) is 80.4 Å². The second-order valence-electron chi connectivity index (χ2n) is 7.16. The van der Waals surface area contributed by atoms with Crippen LogP contribution >= 0.6 is 0 Å². The van der Waals surface area contributed by atoms with Crippen molar-refractivity contribution in [3.05, 3.63) is 47.8 Å². The van der Waals surface area contributed by atoms with Crippen LogP contribution in [0.3, 0.4) is 0 Å². The number of rotatable bonds is 5. The van der Waals surface area contributed by atoms with Gasteiger partial charge in [0.1, 0.15) is 0 Å². The van der Waals surface area contributed by atoms with Crippen LogP contribution in [-0.4, -0.2) is 24.0 Å². The minimum atomic E-state index is -0.477. The van der Waals surface area contributed by atoms with Crippen LogP contribution in [0.25, 0.3) is 0 Å². The highest BCUT2D eigenvalue weighted by Crippen LogP contribution is 2.36. The van der Waals surface area contributed by atoms with Gasteiger partial charge in [0.05, 0.1) is 22.6 Å². The largest absolute Gasteiger partial charge is 0.494 e. The molecule has 1 saturated heterocycles. The van der Waals surface area contributed by atoms with Crippen LogP contribution in [0.1, 0.15) is 47.1 Å². The predicted molar refractivity (Wildman–Crippen MR) is 105 cm³/mol. The Balaban J connectivity index is 2.34. The lowest BCUT2D eigenvalue weighted by Crippen LogP contribution is -2.41. The van der Waals surface area contributed by atoms with E-state index < -0.39 is 18.3 Å². The lowest BCUT2D eigenvalue weighted by molar-refractivity contribution is 0.00578. The van der Waals surface area contributed by atoms with Crippen LogP contribution in [0.5, 0.6) is 0 Å². The molecule has 0 atom stereocenters. The average Bonchev–Trinajstić information content (AvgIpc) is 2.76. The number of benzene rings is 1. The maximum atomic E-state index is 8.50. The van der Waals surface area contributed by atoms with E-state index >= 15 is 0 Å². The molecule has 25 heavy (non-hydrogen) atoms. The van der Waals surface area contributed by atoms with Gasteiger partial charge in [-0.05, 0) is 59.3 Å². The molecule has 1 aromatic carbocycles. The molecule has 0 saturated carbocycles. The molecule has 134 valence electrons. The van der Waals surface area contributed by atoms with E-state index in [1.54, 1.807) is 12.3 Å². The summed E-state index contributed by atoms with van der Waals surface area (Å²) >= 11 is 0. The van der Waals surface area contributed by atoms with Crippen LogP contribution < -0.4 is 16.5 Å². The molecule has 0 unspecified atom stereocenters. The van der Waals surface area contributed by atoms with Crippen molar-refractivity contribution in [2.24, 2.45) is 0 Å². The molecular formula is C19H28BN3O2. The van der Waals surface area contributed by atoms with E-state index in [0.717, 1.165) is 5.46 Å². The number of nitrogens with two attached hydrogens (primary N) is 1. The Morgan fingerprint density at radius 1 is 1.16 bits per heavy atom. The van der Waals surface area contributed by atoms with Gasteiger partial charge < -0.3 is 20.4 Å². The first kappa shape index (κ1) is 19.3. The smallest absolute Gasteiger partial charge is 0.399 e.